The van der Waals surface area contributed by atoms with Gasteiger partial charge in [-0.3, -0.25) is 19.7 Å². The molecule has 2 atom stereocenters. The first kappa shape index (κ1) is 14.9. The van der Waals surface area contributed by atoms with E-state index in [-0.39, 0.29) is 12.2 Å². The first-order chi connectivity index (χ1) is 9.60. The van der Waals surface area contributed by atoms with Gasteiger partial charge in [0.05, 0.1) is 30.8 Å². The fourth-order valence-electron chi connectivity index (χ4n) is 2.40. The van der Waals surface area contributed by atoms with Gasteiger partial charge >= 0.3 is 5.69 Å². The van der Waals surface area contributed by atoms with Gasteiger partial charge in [0, 0.05) is 19.1 Å². The van der Waals surface area contributed by atoms with E-state index < -0.39 is 11.0 Å². The van der Waals surface area contributed by atoms with E-state index in [9.17, 15) is 15.2 Å². The Morgan fingerprint density at radius 2 is 2.45 bits per heavy atom. The van der Waals surface area contributed by atoms with E-state index >= 15 is 0 Å². The minimum absolute atomic E-state index is 0.0602. The highest BCUT2D eigenvalue weighted by atomic mass is 16.6. The molecule has 0 spiro atoms. The molecule has 1 aliphatic heterocycles. The zero-order valence-electron chi connectivity index (χ0n) is 11.5. The topological polar surface area (TPSA) is 93.7 Å². The van der Waals surface area contributed by atoms with Crippen LogP contribution in [0.3, 0.4) is 0 Å². The minimum Gasteiger partial charge on any atom is -0.390 e. The number of hydrogen-bond donors (Lipinski definition) is 1. The van der Waals surface area contributed by atoms with Crippen LogP contribution in [0.4, 0.5) is 5.69 Å². The lowest BCUT2D eigenvalue weighted by atomic mass is 10.1. The molecule has 112 valence electrons. The van der Waals surface area contributed by atoms with E-state index in [0.29, 0.717) is 25.8 Å². The largest absolute Gasteiger partial charge is 0.390 e. The second-order valence-corrected chi connectivity index (χ2v) is 4.96. The van der Waals surface area contributed by atoms with Crippen LogP contribution in [-0.4, -0.2) is 63.2 Å². The van der Waals surface area contributed by atoms with Gasteiger partial charge in [0.1, 0.15) is 12.4 Å². The molecule has 1 fully saturated rings. The fraction of sp³-hybridized carbons (Fsp3) is 0.750. The van der Waals surface area contributed by atoms with Crippen molar-refractivity contribution >= 4 is 5.69 Å². The number of β-amino-alcohol motifs (C(OH)–C–C–N with tert-alkyl or cyclic N) is 1. The molecule has 20 heavy (non-hydrogen) atoms. The smallest absolute Gasteiger partial charge is 0.306 e. The summed E-state index contributed by atoms with van der Waals surface area (Å²) < 4.78 is 6.82. The maximum atomic E-state index is 10.6. The van der Waals surface area contributed by atoms with Crippen LogP contribution < -0.4 is 0 Å². The first-order valence-corrected chi connectivity index (χ1v) is 6.77. The number of morpholine rings is 1. The monoisotopic (exact) mass is 284 g/mol. The Morgan fingerprint density at radius 3 is 3.10 bits per heavy atom. The Labute approximate surface area is 117 Å². The molecule has 0 amide bonds. The van der Waals surface area contributed by atoms with Crippen molar-refractivity contribution < 1.29 is 14.8 Å². The summed E-state index contributed by atoms with van der Waals surface area (Å²) in [5.41, 5.74) is -0.0602. The highest BCUT2D eigenvalue weighted by Gasteiger charge is 2.23. The van der Waals surface area contributed by atoms with E-state index in [0.717, 1.165) is 13.0 Å². The molecule has 1 aliphatic rings. The van der Waals surface area contributed by atoms with Crippen molar-refractivity contribution in [2.24, 2.45) is 0 Å². The van der Waals surface area contributed by atoms with Crippen LogP contribution in [0.15, 0.2) is 12.4 Å². The highest BCUT2D eigenvalue weighted by Crippen LogP contribution is 2.12. The number of aliphatic hydroxyl groups excluding tert-OH is 1. The zero-order chi connectivity index (χ0) is 14.5. The van der Waals surface area contributed by atoms with Gasteiger partial charge in [0.2, 0.25) is 0 Å². The molecule has 0 saturated carbocycles. The quantitative estimate of drug-likeness (QED) is 0.595. The van der Waals surface area contributed by atoms with Crippen molar-refractivity contribution in [2.75, 3.05) is 26.3 Å². The van der Waals surface area contributed by atoms with Crippen LogP contribution in [-0.2, 0) is 11.3 Å². The van der Waals surface area contributed by atoms with Crippen molar-refractivity contribution in [3.8, 4) is 0 Å². The number of nitro groups is 1. The summed E-state index contributed by atoms with van der Waals surface area (Å²) in [7, 11) is 0. The first-order valence-electron chi connectivity index (χ1n) is 6.77. The molecule has 0 aromatic carbocycles. The van der Waals surface area contributed by atoms with Crippen LogP contribution in [0.2, 0.25) is 0 Å². The van der Waals surface area contributed by atoms with E-state index in [1.165, 1.54) is 17.1 Å². The van der Waals surface area contributed by atoms with E-state index in [4.69, 9.17) is 4.74 Å². The van der Waals surface area contributed by atoms with Gasteiger partial charge in [0.15, 0.2) is 0 Å². The van der Waals surface area contributed by atoms with Gasteiger partial charge in [-0.25, -0.2) is 0 Å². The molecule has 1 aromatic rings. The predicted octanol–water partition coefficient (Wildman–Crippen LogP) is 0.263. The molecule has 0 bridgehead atoms. The van der Waals surface area contributed by atoms with Gasteiger partial charge in [-0.1, -0.05) is 6.92 Å². The lowest BCUT2D eigenvalue weighted by Gasteiger charge is -2.36. The summed E-state index contributed by atoms with van der Waals surface area (Å²) in [6.07, 6.45) is 2.89. The SMILES string of the molecule is CCC1COCCN1CC(O)Cn1cc([N+](=O)[O-])cn1. The number of hydrogen-bond acceptors (Lipinski definition) is 6. The molecular formula is C12H20N4O4. The molecule has 1 N–H and O–H groups in total. The zero-order valence-corrected chi connectivity index (χ0v) is 11.5. The maximum Gasteiger partial charge on any atom is 0.306 e. The van der Waals surface area contributed by atoms with Gasteiger partial charge in [-0.05, 0) is 6.42 Å². The molecule has 8 nitrogen and oxygen atoms in total. The predicted molar refractivity (Wildman–Crippen MR) is 71.4 cm³/mol. The lowest BCUT2D eigenvalue weighted by molar-refractivity contribution is -0.385. The molecule has 0 radical (unpaired) electrons. The molecule has 1 aromatic heterocycles. The maximum absolute atomic E-state index is 10.6. The molecule has 0 aliphatic carbocycles. The van der Waals surface area contributed by atoms with Crippen LogP contribution in [0, 0.1) is 10.1 Å². The Hall–Kier alpha value is -1.51. The van der Waals surface area contributed by atoms with E-state index in [1.807, 2.05) is 0 Å². The number of ether oxygens (including phenoxy) is 1. The third-order valence-electron chi connectivity index (χ3n) is 3.49. The molecule has 2 unspecified atom stereocenters. The van der Waals surface area contributed by atoms with Crippen LogP contribution in [0.1, 0.15) is 13.3 Å². The summed E-state index contributed by atoms with van der Waals surface area (Å²) in [5, 5.41) is 24.6. The number of rotatable bonds is 6. The number of aromatic nitrogens is 2. The molecule has 1 saturated heterocycles. The van der Waals surface area contributed by atoms with Crippen LogP contribution >= 0.6 is 0 Å². The Morgan fingerprint density at radius 1 is 1.65 bits per heavy atom. The standard InChI is InChI=1S/C12H20N4O4/c1-2-10-9-20-4-3-14(10)7-12(17)8-15-6-11(5-13-15)16(18)19/h5-6,10,12,17H,2-4,7-9H2,1H3. The number of nitrogens with zero attached hydrogens (tertiary/aromatic N) is 4. The van der Waals surface area contributed by atoms with Crippen molar-refractivity contribution in [3.05, 3.63) is 22.5 Å². The summed E-state index contributed by atoms with van der Waals surface area (Å²) in [4.78, 5) is 12.3. The van der Waals surface area contributed by atoms with Gasteiger partial charge in [-0.15, -0.1) is 0 Å². The van der Waals surface area contributed by atoms with Crippen molar-refractivity contribution in [3.63, 3.8) is 0 Å². The van der Waals surface area contributed by atoms with E-state index in [2.05, 4.69) is 16.9 Å². The third kappa shape index (κ3) is 3.75. The average molecular weight is 284 g/mol. The van der Waals surface area contributed by atoms with Crippen LogP contribution in [0.25, 0.3) is 0 Å². The molecule has 8 heteroatoms. The highest BCUT2D eigenvalue weighted by molar-refractivity contribution is 5.20. The Bertz CT molecular complexity index is 450. The third-order valence-corrected chi connectivity index (χ3v) is 3.49. The Kier molecular flexibility index (Phi) is 5.05. The molecule has 2 heterocycles. The minimum atomic E-state index is -0.610. The lowest BCUT2D eigenvalue weighted by Crippen LogP contribution is -2.48. The van der Waals surface area contributed by atoms with Crippen molar-refractivity contribution in [1.82, 2.24) is 14.7 Å². The second kappa shape index (κ2) is 6.78. The van der Waals surface area contributed by atoms with Gasteiger partial charge < -0.3 is 9.84 Å². The molecular weight excluding hydrogens is 264 g/mol. The Balaban J connectivity index is 1.87. The van der Waals surface area contributed by atoms with Gasteiger partial charge in [0.25, 0.3) is 0 Å². The van der Waals surface area contributed by atoms with Crippen molar-refractivity contribution in [1.29, 1.82) is 0 Å². The number of aliphatic hydroxyl groups is 1. The van der Waals surface area contributed by atoms with Crippen molar-refractivity contribution in [2.45, 2.75) is 32.0 Å². The van der Waals surface area contributed by atoms with Gasteiger partial charge in [-0.2, -0.15) is 5.10 Å². The second-order valence-electron chi connectivity index (χ2n) is 4.96. The molecule has 2 rings (SSSR count). The average Bonchev–Trinajstić information content (AvgIpc) is 2.88. The fourth-order valence-corrected chi connectivity index (χ4v) is 2.40. The summed E-state index contributed by atoms with van der Waals surface area (Å²) in [6, 6.07) is 0.324. The summed E-state index contributed by atoms with van der Waals surface area (Å²) in [5.74, 6) is 0. The normalized spacial score (nSPS) is 21.8. The van der Waals surface area contributed by atoms with E-state index in [1.54, 1.807) is 0 Å². The van der Waals surface area contributed by atoms with Crippen LogP contribution in [0.5, 0.6) is 0 Å². The summed E-state index contributed by atoms with van der Waals surface area (Å²) >= 11 is 0. The summed E-state index contributed by atoms with van der Waals surface area (Å²) in [6.45, 7) is 5.04.